The first-order valence-electron chi connectivity index (χ1n) is 8.67. The number of halogens is 3. The molecule has 0 fully saturated rings. The number of aliphatic imine (C=N–C) groups is 1. The number of thioether (sulfide) groups is 1. The van der Waals surface area contributed by atoms with E-state index in [9.17, 15) is 8.78 Å². The van der Waals surface area contributed by atoms with E-state index in [0.29, 0.717) is 12.0 Å². The summed E-state index contributed by atoms with van der Waals surface area (Å²) in [7, 11) is 0. The van der Waals surface area contributed by atoms with Crippen LogP contribution in [0.4, 0.5) is 8.78 Å². The summed E-state index contributed by atoms with van der Waals surface area (Å²) in [5.41, 5.74) is 3.28. The maximum absolute atomic E-state index is 13.2. The van der Waals surface area contributed by atoms with Gasteiger partial charge in [0.15, 0.2) is 5.06 Å². The lowest BCUT2D eigenvalue weighted by molar-refractivity contribution is -0.168. The zero-order chi connectivity index (χ0) is 18.8. The molecule has 3 atom stereocenters. The molecule has 8 heteroatoms. The predicted octanol–water partition coefficient (Wildman–Crippen LogP) is 5.23. The lowest BCUT2D eigenvalue weighted by Gasteiger charge is -2.36. The van der Waals surface area contributed by atoms with Crippen LogP contribution in [0.25, 0.3) is 11.0 Å². The van der Waals surface area contributed by atoms with E-state index < -0.39 is 11.7 Å². The normalized spacial score (nSPS) is 29.1. The Morgan fingerprint density at radius 1 is 1.37 bits per heavy atom. The van der Waals surface area contributed by atoms with Crippen LogP contribution in [0.1, 0.15) is 30.7 Å². The molecule has 140 valence electrons. The van der Waals surface area contributed by atoms with E-state index in [2.05, 4.69) is 4.57 Å². The minimum absolute atomic E-state index is 0.128. The molecule has 0 saturated carbocycles. The summed E-state index contributed by atoms with van der Waals surface area (Å²) in [6.45, 7) is -2.96. The largest absolute Gasteiger partial charge is 0.347 e. The van der Waals surface area contributed by atoms with Crippen LogP contribution in [0.2, 0.25) is 0 Å². The fraction of sp³-hybridized carbons (Fsp3) is 0.368. The van der Waals surface area contributed by atoms with Gasteiger partial charge in [-0.1, -0.05) is 35.9 Å². The first-order chi connectivity index (χ1) is 13.0. The van der Waals surface area contributed by atoms with E-state index in [-0.39, 0.29) is 18.5 Å². The van der Waals surface area contributed by atoms with Crippen molar-refractivity contribution in [2.75, 3.05) is 6.26 Å². The van der Waals surface area contributed by atoms with Gasteiger partial charge in [0.1, 0.15) is 11.9 Å². The summed E-state index contributed by atoms with van der Waals surface area (Å²) in [5.74, 6) is 0.852. The van der Waals surface area contributed by atoms with Gasteiger partial charge in [-0.05, 0) is 18.4 Å². The van der Waals surface area contributed by atoms with Gasteiger partial charge < -0.3 is 4.57 Å². The number of aromatic nitrogens is 2. The molecule has 1 aromatic heterocycles. The van der Waals surface area contributed by atoms with Crippen molar-refractivity contribution in [3.8, 4) is 0 Å². The maximum Gasteiger partial charge on any atom is 0.347 e. The highest BCUT2D eigenvalue weighted by Crippen LogP contribution is 2.54. The highest BCUT2D eigenvalue weighted by atomic mass is 35.5. The second-order valence-electron chi connectivity index (χ2n) is 6.78. The van der Waals surface area contributed by atoms with Crippen LogP contribution >= 0.6 is 23.4 Å². The smallest absolute Gasteiger partial charge is 0.319 e. The molecule has 0 spiro atoms. The Kier molecular flexibility index (Phi) is 3.97. The monoisotopic (exact) mass is 407 g/mol. The summed E-state index contributed by atoms with van der Waals surface area (Å²) in [6.07, 6.45) is 6.47. The molecular weight excluding hydrogens is 392 g/mol. The van der Waals surface area contributed by atoms with Crippen molar-refractivity contribution in [2.24, 2.45) is 4.99 Å². The Bertz CT molecular complexity index is 1030. The van der Waals surface area contributed by atoms with Crippen LogP contribution in [0.15, 0.2) is 52.6 Å². The van der Waals surface area contributed by atoms with Crippen molar-refractivity contribution in [3.63, 3.8) is 0 Å². The van der Waals surface area contributed by atoms with Gasteiger partial charge >= 0.3 is 6.61 Å². The minimum atomic E-state index is -2.96. The fourth-order valence-electron chi connectivity index (χ4n) is 4.38. The number of imidazole rings is 1. The predicted molar refractivity (Wildman–Crippen MR) is 104 cm³/mol. The number of alkyl halides is 3. The van der Waals surface area contributed by atoms with Gasteiger partial charge in [0, 0.05) is 24.0 Å². The van der Waals surface area contributed by atoms with Crippen LogP contribution in [-0.2, 0) is 4.74 Å². The van der Waals surface area contributed by atoms with Crippen LogP contribution < -0.4 is 0 Å². The minimum Gasteiger partial charge on any atom is -0.319 e. The first kappa shape index (κ1) is 17.4. The van der Waals surface area contributed by atoms with Gasteiger partial charge in [-0.2, -0.15) is 8.78 Å². The third kappa shape index (κ3) is 2.52. The Morgan fingerprint density at radius 2 is 2.19 bits per heavy atom. The molecule has 27 heavy (non-hydrogen) atoms. The van der Waals surface area contributed by atoms with Gasteiger partial charge in [0.2, 0.25) is 0 Å². The van der Waals surface area contributed by atoms with Crippen molar-refractivity contribution in [1.82, 2.24) is 9.55 Å². The van der Waals surface area contributed by atoms with E-state index in [1.807, 2.05) is 36.6 Å². The zero-order valence-electron chi connectivity index (χ0n) is 14.4. The van der Waals surface area contributed by atoms with Crippen molar-refractivity contribution < 1.29 is 13.5 Å². The number of hydrogen-bond acceptors (Lipinski definition) is 4. The first-order valence-corrected chi connectivity index (χ1v) is 10.3. The molecule has 0 N–H and O–H groups in total. The zero-order valence-corrected chi connectivity index (χ0v) is 16.0. The molecule has 1 aromatic carbocycles. The highest BCUT2D eigenvalue weighted by Gasteiger charge is 2.49. The number of rotatable bonds is 2. The quantitative estimate of drug-likeness (QED) is 0.640. The number of ether oxygens (including phenoxy) is 1. The summed E-state index contributed by atoms with van der Waals surface area (Å²) in [5, 5.41) is -0.809. The number of allylic oxidation sites excluding steroid dienone is 1. The maximum atomic E-state index is 13.2. The van der Waals surface area contributed by atoms with Gasteiger partial charge in [0.25, 0.3) is 0 Å². The van der Waals surface area contributed by atoms with Crippen LogP contribution in [-0.4, -0.2) is 32.5 Å². The van der Waals surface area contributed by atoms with Gasteiger partial charge in [-0.25, -0.2) is 4.98 Å². The lowest BCUT2D eigenvalue weighted by atomic mass is 9.88. The number of nitrogens with zero attached hydrogens (tertiary/aromatic N) is 3. The van der Waals surface area contributed by atoms with E-state index >= 15 is 0 Å². The molecule has 1 unspecified atom stereocenters. The Labute approximate surface area is 164 Å². The number of hydrogen-bond donors (Lipinski definition) is 0. The topological polar surface area (TPSA) is 39.4 Å². The molecule has 1 aliphatic carbocycles. The van der Waals surface area contributed by atoms with Crippen LogP contribution in [0.5, 0.6) is 0 Å². The van der Waals surface area contributed by atoms with Crippen LogP contribution in [0.3, 0.4) is 0 Å². The van der Waals surface area contributed by atoms with Crippen LogP contribution in [0, 0.1) is 0 Å². The molecule has 2 bridgehead atoms. The van der Waals surface area contributed by atoms with E-state index in [1.54, 1.807) is 6.08 Å². The van der Waals surface area contributed by atoms with E-state index in [1.165, 1.54) is 11.8 Å². The standard InChI is InChI=1S/C19H16ClF2N3OS/c1-27-17-10-5-4-8-19(20,26-18(21)22)15(10)14-9-12(24-17)16-23-11-6-2-3-7-13(11)25(14)16/h2-7,12,14,18H,8-9H2,1H3/t12-,14-,19?/m1/s1. The van der Waals surface area contributed by atoms with Crippen molar-refractivity contribution in [2.45, 2.75) is 36.6 Å². The van der Waals surface area contributed by atoms with Gasteiger partial charge in [0.05, 0.1) is 22.1 Å². The van der Waals surface area contributed by atoms with Gasteiger partial charge in [-0.3, -0.25) is 9.73 Å². The fourth-order valence-corrected chi connectivity index (χ4v) is 5.39. The van der Waals surface area contributed by atoms with E-state index in [4.69, 9.17) is 26.3 Å². The average Bonchev–Trinajstić information content (AvgIpc) is 3.10. The molecule has 4 nitrogen and oxygen atoms in total. The molecule has 3 aliphatic rings. The molecule has 2 aromatic rings. The molecule has 5 rings (SSSR count). The average molecular weight is 408 g/mol. The number of benzene rings is 1. The Balaban J connectivity index is 1.78. The van der Waals surface area contributed by atoms with Crippen molar-refractivity contribution >= 4 is 39.4 Å². The molecular formula is C19H16ClF2N3OS. The third-order valence-electron chi connectivity index (χ3n) is 5.34. The highest BCUT2D eigenvalue weighted by molar-refractivity contribution is 8.13. The van der Waals surface area contributed by atoms with Gasteiger partial charge in [-0.15, -0.1) is 11.8 Å². The molecule has 0 saturated heterocycles. The summed E-state index contributed by atoms with van der Waals surface area (Å²) in [4.78, 5) is 9.67. The summed E-state index contributed by atoms with van der Waals surface area (Å²) < 4.78 is 33.5. The summed E-state index contributed by atoms with van der Waals surface area (Å²) in [6, 6.07) is 7.48. The van der Waals surface area contributed by atoms with Crippen molar-refractivity contribution in [3.05, 3.63) is 53.4 Å². The lowest BCUT2D eigenvalue weighted by Crippen LogP contribution is -2.37. The van der Waals surface area contributed by atoms with E-state index in [0.717, 1.165) is 27.5 Å². The second-order valence-corrected chi connectivity index (χ2v) is 8.18. The molecule has 0 amide bonds. The number of fused-ring (bicyclic) bond motifs is 8. The van der Waals surface area contributed by atoms with Crippen molar-refractivity contribution in [1.29, 1.82) is 0 Å². The SMILES string of the molecule is CSC1=N[C@@H]2C[C@H](C3=C1C=CCC3(Cl)OC(F)F)n1c2nc2ccccc21. The Morgan fingerprint density at radius 3 is 2.96 bits per heavy atom. The third-order valence-corrected chi connectivity index (χ3v) is 6.50. The molecule has 0 radical (unpaired) electrons. The summed E-state index contributed by atoms with van der Waals surface area (Å²) >= 11 is 8.19. The molecule has 3 heterocycles. The molecule has 2 aliphatic heterocycles. The number of para-hydroxylation sites is 2. The second kappa shape index (κ2) is 6.15. The Hall–Kier alpha value is -1.70.